The van der Waals surface area contributed by atoms with Gasteiger partial charge in [0.05, 0.1) is 7.11 Å². The minimum absolute atomic E-state index is 0.0103. The highest BCUT2D eigenvalue weighted by Gasteiger charge is 2.22. The van der Waals surface area contributed by atoms with Gasteiger partial charge in [0, 0.05) is 19.2 Å². The molecule has 1 aliphatic carbocycles. The summed E-state index contributed by atoms with van der Waals surface area (Å²) in [6, 6.07) is 4.67. The first kappa shape index (κ1) is 22.5. The molecule has 1 saturated heterocycles. The van der Waals surface area contributed by atoms with Crippen molar-refractivity contribution in [2.75, 3.05) is 27.2 Å². The van der Waals surface area contributed by atoms with E-state index >= 15 is 0 Å². The molecule has 2 aromatic rings. The Morgan fingerprint density at radius 2 is 1.44 bits per heavy atom. The summed E-state index contributed by atoms with van der Waals surface area (Å²) in [4.78, 5) is 15.3. The van der Waals surface area contributed by atoms with E-state index in [0.717, 1.165) is 51.6 Å². The van der Waals surface area contributed by atoms with Gasteiger partial charge < -0.3 is 23.8 Å². The lowest BCUT2D eigenvalue weighted by molar-refractivity contribution is 0.1000. The topological polar surface area (TPSA) is 78.8 Å². The number of likely N-dealkylation sites (tertiary alicyclic amines) is 1. The summed E-state index contributed by atoms with van der Waals surface area (Å²) in [7, 11) is 3.51. The van der Waals surface area contributed by atoms with Crippen LogP contribution < -0.4 is 18.9 Å². The van der Waals surface area contributed by atoms with Gasteiger partial charge in [-0.05, 0) is 57.7 Å². The van der Waals surface area contributed by atoms with Gasteiger partial charge in [0.25, 0.3) is 0 Å². The number of hydrogen-bond donors (Lipinski definition) is 0. The Morgan fingerprint density at radius 1 is 0.844 bits per heavy atom. The number of nitrogens with zero attached hydrogens (tertiary/aromatic N) is 4. The summed E-state index contributed by atoms with van der Waals surface area (Å²) >= 11 is 0. The third kappa shape index (κ3) is 6.18. The second-order valence-corrected chi connectivity index (χ2v) is 8.43. The van der Waals surface area contributed by atoms with Gasteiger partial charge in [0.2, 0.25) is 0 Å². The summed E-state index contributed by atoms with van der Waals surface area (Å²) < 4.78 is 36.9. The van der Waals surface area contributed by atoms with Crippen molar-refractivity contribution < 1.29 is 23.3 Å². The number of ether oxygens (including phenoxy) is 4. The minimum Gasteiger partial charge on any atom is -0.494 e. The van der Waals surface area contributed by atoms with Crippen molar-refractivity contribution in [2.24, 2.45) is 0 Å². The van der Waals surface area contributed by atoms with Crippen molar-refractivity contribution in [3.8, 4) is 29.5 Å². The summed E-state index contributed by atoms with van der Waals surface area (Å²) in [5.41, 5.74) is 0. The molecule has 8 nitrogen and oxygen atoms in total. The van der Waals surface area contributed by atoms with Crippen LogP contribution in [0.15, 0.2) is 18.2 Å². The zero-order valence-corrected chi connectivity index (χ0v) is 18.8. The molecule has 0 unspecified atom stereocenters. The van der Waals surface area contributed by atoms with Crippen molar-refractivity contribution in [3.05, 3.63) is 24.0 Å². The van der Waals surface area contributed by atoms with Crippen molar-refractivity contribution in [2.45, 2.75) is 63.6 Å². The summed E-state index contributed by atoms with van der Waals surface area (Å²) in [5.74, 6) is -0.145. The second-order valence-electron chi connectivity index (χ2n) is 8.43. The van der Waals surface area contributed by atoms with Gasteiger partial charge in [-0.25, -0.2) is 4.39 Å². The van der Waals surface area contributed by atoms with Gasteiger partial charge in [-0.15, -0.1) is 15.0 Å². The van der Waals surface area contributed by atoms with Crippen LogP contribution in [0.25, 0.3) is 0 Å². The standard InChI is InChI=1S/C23H31FN4O4/c1-28-13-11-17(12-14-28)31-22-25-21(30-16-7-5-3-4-6-8-16)26-23(27-22)32-18-9-10-20(29-2)19(24)15-18/h9-10,15-17H,3-8,11-14H2,1-2H3. The Balaban J connectivity index is 1.53. The van der Waals surface area contributed by atoms with Crippen LogP contribution in [0.3, 0.4) is 0 Å². The fraction of sp³-hybridized carbons (Fsp3) is 0.609. The normalized spacial score (nSPS) is 18.7. The van der Waals surface area contributed by atoms with Crippen LogP contribution in [-0.4, -0.2) is 59.3 Å². The van der Waals surface area contributed by atoms with Crippen LogP contribution in [0, 0.1) is 5.82 Å². The molecule has 0 spiro atoms. The molecule has 32 heavy (non-hydrogen) atoms. The molecule has 1 aromatic heterocycles. The number of methoxy groups -OCH3 is 1. The van der Waals surface area contributed by atoms with Crippen molar-refractivity contribution in [3.63, 3.8) is 0 Å². The maximum atomic E-state index is 14.1. The minimum atomic E-state index is -0.531. The molecule has 2 fully saturated rings. The molecule has 2 aliphatic rings. The lowest BCUT2D eigenvalue weighted by Gasteiger charge is -2.28. The first-order valence-electron chi connectivity index (χ1n) is 11.4. The Morgan fingerprint density at radius 3 is 2.03 bits per heavy atom. The van der Waals surface area contributed by atoms with Crippen LogP contribution in [0.1, 0.15) is 51.4 Å². The molecule has 2 heterocycles. The number of aromatic nitrogens is 3. The van der Waals surface area contributed by atoms with Crippen LogP contribution in [-0.2, 0) is 0 Å². The highest BCUT2D eigenvalue weighted by Crippen LogP contribution is 2.28. The number of piperidine rings is 1. The first-order valence-corrected chi connectivity index (χ1v) is 11.4. The summed E-state index contributed by atoms with van der Waals surface area (Å²) in [6.07, 6.45) is 8.49. The Hall–Kier alpha value is -2.68. The molecule has 9 heteroatoms. The lowest BCUT2D eigenvalue weighted by atomic mass is 10.1. The summed E-state index contributed by atoms with van der Waals surface area (Å²) in [5, 5.41) is 0. The molecule has 0 N–H and O–H groups in total. The van der Waals surface area contributed by atoms with Crippen LogP contribution >= 0.6 is 0 Å². The molecular formula is C23H31FN4O4. The second kappa shape index (κ2) is 10.8. The van der Waals surface area contributed by atoms with E-state index in [1.807, 2.05) is 0 Å². The zero-order valence-electron chi connectivity index (χ0n) is 18.8. The lowest BCUT2D eigenvalue weighted by Crippen LogP contribution is -2.36. The van der Waals surface area contributed by atoms with Crippen molar-refractivity contribution in [1.82, 2.24) is 19.9 Å². The first-order chi connectivity index (χ1) is 15.6. The van der Waals surface area contributed by atoms with Gasteiger partial charge in [-0.3, -0.25) is 0 Å². The van der Waals surface area contributed by atoms with E-state index in [4.69, 9.17) is 18.9 Å². The highest BCUT2D eigenvalue weighted by atomic mass is 19.1. The number of rotatable bonds is 7. The fourth-order valence-corrected chi connectivity index (χ4v) is 4.05. The van der Waals surface area contributed by atoms with Gasteiger partial charge in [0.15, 0.2) is 11.6 Å². The van der Waals surface area contributed by atoms with Crippen molar-refractivity contribution in [1.29, 1.82) is 0 Å². The average molecular weight is 447 g/mol. The molecule has 1 aromatic carbocycles. The van der Waals surface area contributed by atoms with Gasteiger partial charge >= 0.3 is 18.0 Å². The van der Waals surface area contributed by atoms with Crippen molar-refractivity contribution >= 4 is 0 Å². The molecule has 174 valence electrons. The van der Waals surface area contributed by atoms with E-state index in [1.165, 1.54) is 32.1 Å². The molecule has 0 atom stereocenters. The molecule has 1 saturated carbocycles. The smallest absolute Gasteiger partial charge is 0.331 e. The van der Waals surface area contributed by atoms with Gasteiger partial charge in [-0.1, -0.05) is 12.8 Å². The largest absolute Gasteiger partial charge is 0.494 e. The van der Waals surface area contributed by atoms with E-state index < -0.39 is 5.82 Å². The number of benzene rings is 1. The molecule has 4 rings (SSSR count). The van der Waals surface area contributed by atoms with E-state index in [2.05, 4.69) is 26.9 Å². The molecule has 0 bridgehead atoms. The quantitative estimate of drug-likeness (QED) is 0.580. The predicted octanol–water partition coefficient (Wildman–Crippen LogP) is 4.39. The maximum absolute atomic E-state index is 14.1. The number of hydrogen-bond acceptors (Lipinski definition) is 8. The average Bonchev–Trinajstić information content (AvgIpc) is 3.04. The van der Waals surface area contributed by atoms with E-state index in [-0.39, 0.29) is 41.7 Å². The van der Waals surface area contributed by atoms with E-state index in [9.17, 15) is 4.39 Å². The maximum Gasteiger partial charge on any atom is 0.331 e. The van der Waals surface area contributed by atoms with Crippen LogP contribution in [0.2, 0.25) is 0 Å². The SMILES string of the molecule is COc1ccc(Oc2nc(OC3CCCCCC3)nc(OC3CCN(C)CC3)n2)cc1F. The van der Waals surface area contributed by atoms with Gasteiger partial charge in [-0.2, -0.15) is 0 Å². The van der Waals surface area contributed by atoms with Crippen LogP contribution in [0.5, 0.6) is 29.5 Å². The monoisotopic (exact) mass is 446 g/mol. The third-order valence-electron chi connectivity index (χ3n) is 5.92. The fourth-order valence-electron chi connectivity index (χ4n) is 4.05. The molecule has 1 aliphatic heterocycles. The van der Waals surface area contributed by atoms with E-state index in [0.29, 0.717) is 0 Å². The Kier molecular flexibility index (Phi) is 7.57. The zero-order chi connectivity index (χ0) is 22.3. The molecule has 0 amide bonds. The predicted molar refractivity (Wildman–Crippen MR) is 116 cm³/mol. The molecular weight excluding hydrogens is 415 g/mol. The Labute approximate surface area is 188 Å². The van der Waals surface area contributed by atoms with E-state index in [1.54, 1.807) is 6.07 Å². The number of halogens is 1. The summed E-state index contributed by atoms with van der Waals surface area (Å²) in [6.45, 7) is 1.91. The highest BCUT2D eigenvalue weighted by molar-refractivity contribution is 5.34. The van der Waals surface area contributed by atoms with Crippen LogP contribution in [0.4, 0.5) is 4.39 Å². The van der Waals surface area contributed by atoms with Gasteiger partial charge in [0.1, 0.15) is 18.0 Å². The molecule has 0 radical (unpaired) electrons. The third-order valence-corrected chi connectivity index (χ3v) is 5.92. The Bertz CT molecular complexity index is 884.